The van der Waals surface area contributed by atoms with Crippen molar-refractivity contribution in [1.29, 1.82) is 0 Å². The monoisotopic (exact) mass is 294 g/mol. The normalized spacial score (nSPS) is 18.0. The topological polar surface area (TPSA) is 75.1 Å². The Labute approximate surface area is 126 Å². The maximum Gasteiger partial charge on any atom is 0.315 e. The van der Waals surface area contributed by atoms with E-state index < -0.39 is 0 Å². The molecule has 2 N–H and O–H groups in total. The standard InChI is InChI=1S/C14H26N6O/c1-12(13-18-16-11-19(13)2)17-14(21)15-7-10-20-8-5-3-4-6-9-20/h11-12H,3-10H2,1-2H3,(H2,15,17,21)/t12-/m1/s1. The molecule has 0 saturated carbocycles. The molecule has 7 heteroatoms. The second-order valence-electron chi connectivity index (χ2n) is 5.68. The van der Waals surface area contributed by atoms with E-state index in [0.717, 1.165) is 25.5 Å². The van der Waals surface area contributed by atoms with Crippen LogP contribution in [0.2, 0.25) is 0 Å². The molecule has 2 heterocycles. The molecule has 1 aliphatic heterocycles. The molecule has 1 aliphatic rings. The van der Waals surface area contributed by atoms with Gasteiger partial charge in [-0.1, -0.05) is 12.8 Å². The number of rotatable bonds is 5. The maximum absolute atomic E-state index is 11.9. The van der Waals surface area contributed by atoms with Gasteiger partial charge in [0.05, 0.1) is 6.04 Å². The lowest BCUT2D eigenvalue weighted by Crippen LogP contribution is -2.41. The average molecular weight is 294 g/mol. The number of likely N-dealkylation sites (tertiary alicyclic amines) is 1. The second kappa shape index (κ2) is 7.97. The molecule has 0 spiro atoms. The van der Waals surface area contributed by atoms with Crippen LogP contribution >= 0.6 is 0 Å². The summed E-state index contributed by atoms with van der Waals surface area (Å²) in [4.78, 5) is 14.3. The minimum absolute atomic E-state index is 0.152. The highest BCUT2D eigenvalue weighted by Gasteiger charge is 2.14. The van der Waals surface area contributed by atoms with E-state index in [1.165, 1.54) is 25.7 Å². The lowest BCUT2D eigenvalue weighted by Gasteiger charge is -2.20. The molecular weight excluding hydrogens is 268 g/mol. The first kappa shape index (κ1) is 15.8. The Morgan fingerprint density at radius 3 is 2.67 bits per heavy atom. The van der Waals surface area contributed by atoms with E-state index in [1.807, 2.05) is 18.5 Å². The molecular formula is C14H26N6O. The lowest BCUT2D eigenvalue weighted by molar-refractivity contribution is 0.232. The highest BCUT2D eigenvalue weighted by molar-refractivity contribution is 5.74. The summed E-state index contributed by atoms with van der Waals surface area (Å²) in [5.74, 6) is 0.748. The highest BCUT2D eigenvalue weighted by Crippen LogP contribution is 2.09. The van der Waals surface area contributed by atoms with Crippen molar-refractivity contribution in [3.63, 3.8) is 0 Å². The summed E-state index contributed by atoms with van der Waals surface area (Å²) in [6.07, 6.45) is 6.84. The maximum atomic E-state index is 11.9. The number of carbonyl (C=O) groups excluding carboxylic acids is 1. The molecule has 21 heavy (non-hydrogen) atoms. The van der Waals surface area contributed by atoms with E-state index >= 15 is 0 Å². The zero-order chi connectivity index (χ0) is 15.1. The highest BCUT2D eigenvalue weighted by atomic mass is 16.2. The number of carbonyl (C=O) groups is 1. The fraction of sp³-hybridized carbons (Fsp3) is 0.786. The molecule has 0 aliphatic carbocycles. The zero-order valence-electron chi connectivity index (χ0n) is 13.0. The van der Waals surface area contributed by atoms with E-state index in [9.17, 15) is 4.79 Å². The van der Waals surface area contributed by atoms with E-state index in [2.05, 4.69) is 25.7 Å². The predicted octanol–water partition coefficient (Wildman–Crippen LogP) is 1.05. The number of nitrogens with one attached hydrogen (secondary N) is 2. The molecule has 1 aromatic rings. The minimum Gasteiger partial charge on any atom is -0.337 e. The molecule has 0 unspecified atom stereocenters. The van der Waals surface area contributed by atoms with Crippen molar-refractivity contribution < 1.29 is 4.79 Å². The van der Waals surface area contributed by atoms with Gasteiger partial charge in [0, 0.05) is 20.1 Å². The van der Waals surface area contributed by atoms with Crippen LogP contribution in [-0.4, -0.2) is 51.9 Å². The molecule has 1 aromatic heterocycles. The lowest BCUT2D eigenvalue weighted by atomic mass is 10.2. The number of amides is 2. The molecule has 1 saturated heterocycles. The molecule has 0 radical (unpaired) electrons. The van der Waals surface area contributed by atoms with Gasteiger partial charge >= 0.3 is 6.03 Å². The molecule has 0 aromatic carbocycles. The van der Waals surface area contributed by atoms with Crippen molar-refractivity contribution in [3.8, 4) is 0 Å². The van der Waals surface area contributed by atoms with Crippen LogP contribution in [-0.2, 0) is 7.05 Å². The molecule has 1 atom stereocenters. The van der Waals surface area contributed by atoms with Gasteiger partial charge in [-0.3, -0.25) is 0 Å². The summed E-state index contributed by atoms with van der Waals surface area (Å²) in [6.45, 7) is 5.80. The fourth-order valence-corrected chi connectivity index (χ4v) is 2.68. The first-order valence-electron chi connectivity index (χ1n) is 7.77. The van der Waals surface area contributed by atoms with Crippen LogP contribution in [0.5, 0.6) is 0 Å². The number of nitrogens with zero attached hydrogens (tertiary/aromatic N) is 4. The van der Waals surface area contributed by atoms with Crippen molar-refractivity contribution in [2.75, 3.05) is 26.2 Å². The van der Waals surface area contributed by atoms with Crippen LogP contribution in [0.1, 0.15) is 44.5 Å². The Morgan fingerprint density at radius 1 is 1.33 bits per heavy atom. The van der Waals surface area contributed by atoms with Crippen molar-refractivity contribution in [3.05, 3.63) is 12.2 Å². The van der Waals surface area contributed by atoms with Crippen LogP contribution < -0.4 is 10.6 Å². The molecule has 2 rings (SSSR count). The number of hydrogen-bond acceptors (Lipinski definition) is 4. The Balaban J connectivity index is 1.66. The summed E-state index contributed by atoms with van der Waals surface area (Å²) in [6, 6.07) is -0.309. The Hall–Kier alpha value is -1.63. The summed E-state index contributed by atoms with van der Waals surface area (Å²) in [5.41, 5.74) is 0. The van der Waals surface area contributed by atoms with Gasteiger partial charge in [-0.15, -0.1) is 10.2 Å². The molecule has 1 fully saturated rings. The van der Waals surface area contributed by atoms with E-state index in [4.69, 9.17) is 0 Å². The number of urea groups is 1. The Morgan fingerprint density at radius 2 is 2.05 bits per heavy atom. The Bertz CT molecular complexity index is 438. The third kappa shape index (κ3) is 5.00. The van der Waals surface area contributed by atoms with Gasteiger partial charge < -0.3 is 20.1 Å². The van der Waals surface area contributed by atoms with Crippen LogP contribution in [0.3, 0.4) is 0 Å². The van der Waals surface area contributed by atoms with E-state index in [1.54, 1.807) is 6.33 Å². The van der Waals surface area contributed by atoms with Gasteiger partial charge in [0.2, 0.25) is 0 Å². The van der Waals surface area contributed by atoms with E-state index in [0.29, 0.717) is 6.54 Å². The van der Waals surface area contributed by atoms with Gasteiger partial charge in [0.1, 0.15) is 6.33 Å². The first-order chi connectivity index (χ1) is 10.2. The largest absolute Gasteiger partial charge is 0.337 e. The van der Waals surface area contributed by atoms with Crippen LogP contribution in [0.15, 0.2) is 6.33 Å². The molecule has 118 valence electrons. The summed E-state index contributed by atoms with van der Waals surface area (Å²) in [5, 5.41) is 13.6. The fourth-order valence-electron chi connectivity index (χ4n) is 2.68. The third-order valence-electron chi connectivity index (χ3n) is 3.89. The summed E-state index contributed by atoms with van der Waals surface area (Å²) >= 11 is 0. The van der Waals surface area contributed by atoms with Gasteiger partial charge in [0.15, 0.2) is 5.82 Å². The third-order valence-corrected chi connectivity index (χ3v) is 3.89. The zero-order valence-corrected chi connectivity index (χ0v) is 13.0. The molecule has 0 bridgehead atoms. The van der Waals surface area contributed by atoms with Crippen molar-refractivity contribution in [2.24, 2.45) is 7.05 Å². The van der Waals surface area contributed by atoms with Gasteiger partial charge in [0.25, 0.3) is 0 Å². The van der Waals surface area contributed by atoms with Gasteiger partial charge in [-0.2, -0.15) is 0 Å². The van der Waals surface area contributed by atoms with Crippen molar-refractivity contribution in [1.82, 2.24) is 30.3 Å². The molecule has 2 amide bonds. The summed E-state index contributed by atoms with van der Waals surface area (Å²) in [7, 11) is 1.87. The number of aryl methyl sites for hydroxylation is 1. The average Bonchev–Trinajstić information content (AvgIpc) is 2.72. The van der Waals surface area contributed by atoms with Crippen molar-refractivity contribution >= 4 is 6.03 Å². The number of hydrogen-bond donors (Lipinski definition) is 2. The van der Waals surface area contributed by atoms with Gasteiger partial charge in [-0.25, -0.2) is 4.79 Å². The molecule has 7 nitrogen and oxygen atoms in total. The summed E-state index contributed by atoms with van der Waals surface area (Å²) < 4.78 is 1.81. The number of aromatic nitrogens is 3. The van der Waals surface area contributed by atoms with Crippen LogP contribution in [0.4, 0.5) is 4.79 Å². The smallest absolute Gasteiger partial charge is 0.315 e. The van der Waals surface area contributed by atoms with Crippen LogP contribution in [0, 0.1) is 0 Å². The van der Waals surface area contributed by atoms with Crippen LogP contribution in [0.25, 0.3) is 0 Å². The predicted molar refractivity (Wildman–Crippen MR) is 80.9 cm³/mol. The SMILES string of the molecule is C[C@@H](NC(=O)NCCN1CCCCCC1)c1nncn1C. The van der Waals surface area contributed by atoms with Crippen molar-refractivity contribution in [2.45, 2.75) is 38.6 Å². The van der Waals surface area contributed by atoms with Gasteiger partial charge in [-0.05, 0) is 32.9 Å². The quantitative estimate of drug-likeness (QED) is 0.851. The minimum atomic E-state index is -0.157. The second-order valence-corrected chi connectivity index (χ2v) is 5.68. The Kier molecular flexibility index (Phi) is 5.98. The van der Waals surface area contributed by atoms with E-state index in [-0.39, 0.29) is 12.1 Å². The first-order valence-corrected chi connectivity index (χ1v) is 7.77.